The molecule has 1 heteroatoms. The van der Waals surface area contributed by atoms with Crippen molar-refractivity contribution in [2.75, 3.05) is 6.16 Å². The van der Waals surface area contributed by atoms with E-state index in [1.807, 2.05) is 0 Å². The van der Waals surface area contributed by atoms with E-state index in [1.165, 1.54) is 32.1 Å². The molecule has 2 atom stereocenters. The van der Waals surface area contributed by atoms with Crippen LogP contribution in [0.1, 0.15) is 46.0 Å². The standard InChI is InChI=1S/C12H23P/c1-11(5-3-4-10-13)6-7-12(2)8-9-12/h3-4,11H,5-10,13H2,1-2H3/b4-3+. The van der Waals surface area contributed by atoms with Gasteiger partial charge in [-0.15, -0.1) is 9.24 Å². The molecule has 0 amide bonds. The van der Waals surface area contributed by atoms with E-state index in [2.05, 4.69) is 35.2 Å². The fourth-order valence-corrected chi connectivity index (χ4v) is 1.79. The van der Waals surface area contributed by atoms with Crippen molar-refractivity contribution in [3.8, 4) is 0 Å². The minimum Gasteiger partial charge on any atom is -0.134 e. The van der Waals surface area contributed by atoms with Crippen molar-refractivity contribution < 1.29 is 0 Å². The van der Waals surface area contributed by atoms with Crippen molar-refractivity contribution in [2.45, 2.75) is 46.0 Å². The molecule has 0 spiro atoms. The smallest absolute Gasteiger partial charge is 0.0200 e. The molecule has 0 saturated heterocycles. The van der Waals surface area contributed by atoms with Crippen molar-refractivity contribution in [1.82, 2.24) is 0 Å². The Morgan fingerprint density at radius 3 is 2.62 bits per heavy atom. The van der Waals surface area contributed by atoms with Crippen LogP contribution in [0.5, 0.6) is 0 Å². The van der Waals surface area contributed by atoms with Crippen molar-refractivity contribution >= 4 is 9.24 Å². The van der Waals surface area contributed by atoms with E-state index in [9.17, 15) is 0 Å². The lowest BCUT2D eigenvalue weighted by Crippen LogP contribution is -1.99. The van der Waals surface area contributed by atoms with E-state index in [0.29, 0.717) is 0 Å². The third-order valence-electron chi connectivity index (χ3n) is 3.19. The molecule has 0 bridgehead atoms. The molecule has 1 rings (SSSR count). The molecular weight excluding hydrogens is 175 g/mol. The van der Waals surface area contributed by atoms with Gasteiger partial charge in [-0.3, -0.25) is 0 Å². The maximum Gasteiger partial charge on any atom is -0.0200 e. The Balaban J connectivity index is 2.03. The van der Waals surface area contributed by atoms with Gasteiger partial charge in [0.05, 0.1) is 0 Å². The van der Waals surface area contributed by atoms with Crippen molar-refractivity contribution in [3.63, 3.8) is 0 Å². The van der Waals surface area contributed by atoms with Gasteiger partial charge in [0.15, 0.2) is 0 Å². The molecule has 1 aliphatic carbocycles. The largest absolute Gasteiger partial charge is 0.134 e. The molecule has 1 aliphatic rings. The number of hydrogen-bond donors (Lipinski definition) is 0. The van der Waals surface area contributed by atoms with Gasteiger partial charge < -0.3 is 0 Å². The molecule has 0 nitrogen and oxygen atoms in total. The van der Waals surface area contributed by atoms with Gasteiger partial charge in [-0.05, 0) is 49.6 Å². The van der Waals surface area contributed by atoms with E-state index in [1.54, 1.807) is 0 Å². The lowest BCUT2D eigenvalue weighted by atomic mass is 9.94. The molecular formula is C12H23P. The molecule has 0 aliphatic heterocycles. The Bertz CT molecular complexity index is 168. The summed E-state index contributed by atoms with van der Waals surface area (Å²) in [6.07, 6.45) is 12.8. The van der Waals surface area contributed by atoms with Crippen LogP contribution in [-0.4, -0.2) is 6.16 Å². The Morgan fingerprint density at radius 2 is 2.08 bits per heavy atom. The summed E-state index contributed by atoms with van der Waals surface area (Å²) in [7, 11) is 2.73. The summed E-state index contributed by atoms with van der Waals surface area (Å²) in [5.41, 5.74) is 0.749. The second-order valence-corrected chi connectivity index (χ2v) is 5.37. The molecule has 1 saturated carbocycles. The Morgan fingerprint density at radius 1 is 1.38 bits per heavy atom. The van der Waals surface area contributed by atoms with Crippen LogP contribution in [0.4, 0.5) is 0 Å². The first-order valence-corrected chi connectivity index (χ1v) is 6.33. The van der Waals surface area contributed by atoms with Gasteiger partial charge in [0, 0.05) is 0 Å². The highest BCUT2D eigenvalue weighted by Gasteiger charge is 2.36. The predicted molar refractivity (Wildman–Crippen MR) is 64.1 cm³/mol. The number of rotatable bonds is 6. The van der Waals surface area contributed by atoms with Gasteiger partial charge in [0.2, 0.25) is 0 Å². The monoisotopic (exact) mass is 198 g/mol. The minimum absolute atomic E-state index is 0.749. The maximum absolute atomic E-state index is 2.73. The van der Waals surface area contributed by atoms with Crippen LogP contribution in [0.25, 0.3) is 0 Å². The molecule has 0 radical (unpaired) electrons. The number of hydrogen-bond acceptors (Lipinski definition) is 0. The van der Waals surface area contributed by atoms with E-state index in [-0.39, 0.29) is 0 Å². The van der Waals surface area contributed by atoms with Crippen LogP contribution >= 0.6 is 9.24 Å². The average molecular weight is 198 g/mol. The van der Waals surface area contributed by atoms with E-state index < -0.39 is 0 Å². The van der Waals surface area contributed by atoms with Crippen molar-refractivity contribution in [2.24, 2.45) is 11.3 Å². The molecule has 1 fully saturated rings. The summed E-state index contributed by atoms with van der Waals surface area (Å²) < 4.78 is 0. The first-order chi connectivity index (χ1) is 6.16. The third-order valence-corrected chi connectivity index (χ3v) is 3.46. The highest BCUT2D eigenvalue weighted by molar-refractivity contribution is 7.16. The van der Waals surface area contributed by atoms with Crippen LogP contribution < -0.4 is 0 Å². The Kier molecular flexibility index (Phi) is 4.46. The highest BCUT2D eigenvalue weighted by atomic mass is 31.0. The molecule has 2 unspecified atom stereocenters. The summed E-state index contributed by atoms with van der Waals surface area (Å²) in [5.74, 6) is 0.880. The lowest BCUT2D eigenvalue weighted by molar-refractivity contribution is 0.419. The van der Waals surface area contributed by atoms with Crippen molar-refractivity contribution in [1.29, 1.82) is 0 Å². The zero-order chi connectivity index (χ0) is 9.73. The van der Waals surface area contributed by atoms with Gasteiger partial charge in [-0.1, -0.05) is 26.0 Å². The lowest BCUT2D eigenvalue weighted by Gasteiger charge is -2.12. The normalized spacial score (nSPS) is 22.1. The summed E-state index contributed by atoms with van der Waals surface area (Å²) >= 11 is 0. The topological polar surface area (TPSA) is 0 Å². The fraction of sp³-hybridized carbons (Fsp3) is 0.833. The molecule has 0 aromatic carbocycles. The molecule has 76 valence electrons. The van der Waals surface area contributed by atoms with Crippen LogP contribution in [0.2, 0.25) is 0 Å². The van der Waals surface area contributed by atoms with Crippen LogP contribution in [0, 0.1) is 11.3 Å². The average Bonchev–Trinajstić information content (AvgIpc) is 2.82. The quantitative estimate of drug-likeness (QED) is 0.446. The minimum atomic E-state index is 0.749. The van der Waals surface area contributed by atoms with Gasteiger partial charge in [0.1, 0.15) is 0 Å². The summed E-state index contributed by atoms with van der Waals surface area (Å²) in [4.78, 5) is 0. The first kappa shape index (κ1) is 11.2. The van der Waals surface area contributed by atoms with Crippen LogP contribution in [-0.2, 0) is 0 Å². The maximum atomic E-state index is 2.73. The third kappa shape index (κ3) is 4.81. The van der Waals surface area contributed by atoms with E-state index >= 15 is 0 Å². The first-order valence-electron chi connectivity index (χ1n) is 5.51. The second kappa shape index (κ2) is 5.15. The summed E-state index contributed by atoms with van der Waals surface area (Å²) in [6, 6.07) is 0. The highest BCUT2D eigenvalue weighted by Crippen LogP contribution is 2.49. The van der Waals surface area contributed by atoms with E-state index in [4.69, 9.17) is 0 Å². The van der Waals surface area contributed by atoms with E-state index in [0.717, 1.165) is 17.5 Å². The fourth-order valence-electron chi connectivity index (χ4n) is 1.60. The molecule has 0 heterocycles. The summed E-state index contributed by atoms with van der Waals surface area (Å²) in [5, 5.41) is 0. The van der Waals surface area contributed by atoms with Gasteiger partial charge in [0.25, 0.3) is 0 Å². The number of allylic oxidation sites excluding steroid dienone is 2. The molecule has 0 aromatic heterocycles. The zero-order valence-electron chi connectivity index (χ0n) is 9.05. The predicted octanol–water partition coefficient (Wildman–Crippen LogP) is 4.02. The van der Waals surface area contributed by atoms with Crippen LogP contribution in [0.15, 0.2) is 12.2 Å². The zero-order valence-corrected chi connectivity index (χ0v) is 10.2. The van der Waals surface area contributed by atoms with Gasteiger partial charge in [-0.25, -0.2) is 0 Å². The Hall–Kier alpha value is 0.170. The van der Waals surface area contributed by atoms with Crippen molar-refractivity contribution in [3.05, 3.63) is 12.2 Å². The Labute approximate surface area is 85.4 Å². The molecule has 0 aromatic rings. The SMILES string of the molecule is CC(C/C=C/CP)CCC1(C)CC1. The summed E-state index contributed by atoms with van der Waals surface area (Å²) in [6.45, 7) is 4.80. The van der Waals surface area contributed by atoms with Crippen LogP contribution in [0.3, 0.4) is 0 Å². The molecule has 13 heavy (non-hydrogen) atoms. The molecule has 0 N–H and O–H groups in total. The van der Waals surface area contributed by atoms with Gasteiger partial charge in [-0.2, -0.15) is 0 Å². The second-order valence-electron chi connectivity index (χ2n) is 4.90. The van der Waals surface area contributed by atoms with Gasteiger partial charge >= 0.3 is 0 Å².